The monoisotopic (exact) mass is 469 g/mol. The zero-order valence-corrected chi connectivity index (χ0v) is 19.8. The van der Waals surface area contributed by atoms with Crippen LogP contribution in [-0.2, 0) is 13.1 Å². The van der Waals surface area contributed by atoms with Gasteiger partial charge in [0.05, 0.1) is 13.7 Å². The first kappa shape index (κ1) is 24.3. The van der Waals surface area contributed by atoms with Gasteiger partial charge in [0, 0.05) is 29.2 Å². The van der Waals surface area contributed by atoms with Crippen LogP contribution in [0.5, 0.6) is 5.75 Å². The minimum atomic E-state index is -0.363. The Morgan fingerprint density at radius 3 is 2.58 bits per heavy atom. The molecular weight excluding hydrogens is 442 g/mol. The van der Waals surface area contributed by atoms with Gasteiger partial charge < -0.3 is 19.5 Å². The number of benzene rings is 2. The topological polar surface area (TPSA) is 84.7 Å². The number of nitrogens with one attached hydrogen (secondary N) is 1. The first-order chi connectivity index (χ1) is 15.9. The molecule has 0 aliphatic heterocycles. The predicted octanol–water partition coefficient (Wildman–Crippen LogP) is 5.10. The van der Waals surface area contributed by atoms with Gasteiger partial charge in [0.15, 0.2) is 11.5 Å². The molecule has 8 heteroatoms. The molecule has 0 fully saturated rings. The Morgan fingerprint density at radius 2 is 1.88 bits per heavy atom. The Balaban J connectivity index is 1.72. The lowest BCUT2D eigenvalue weighted by Gasteiger charge is -2.29. The smallest absolute Gasteiger partial charge is 0.273 e. The molecule has 1 heterocycles. The Bertz CT molecular complexity index is 1090. The van der Waals surface area contributed by atoms with Crippen LogP contribution >= 0.6 is 11.6 Å². The molecule has 0 saturated heterocycles. The van der Waals surface area contributed by atoms with Crippen molar-refractivity contribution < 1.29 is 18.8 Å². The molecule has 174 valence electrons. The molecule has 3 aromatic rings. The second-order valence-corrected chi connectivity index (χ2v) is 8.06. The van der Waals surface area contributed by atoms with Crippen LogP contribution in [0.4, 0.5) is 0 Å². The fraction of sp³-hybridized carbons (Fsp3) is 0.320. The van der Waals surface area contributed by atoms with Gasteiger partial charge in [-0.15, -0.1) is 0 Å². The summed E-state index contributed by atoms with van der Waals surface area (Å²) < 4.78 is 10.7. The Morgan fingerprint density at radius 1 is 1.12 bits per heavy atom. The molecule has 0 atom stereocenters. The lowest BCUT2D eigenvalue weighted by molar-refractivity contribution is 0.0627. The molecule has 0 radical (unpaired) electrons. The first-order valence-electron chi connectivity index (χ1n) is 10.9. The Hall–Kier alpha value is -3.32. The van der Waals surface area contributed by atoms with E-state index in [-0.39, 0.29) is 30.1 Å². The average Bonchev–Trinajstić information content (AvgIpc) is 3.31. The molecule has 33 heavy (non-hydrogen) atoms. The number of halogens is 1. The van der Waals surface area contributed by atoms with Crippen LogP contribution < -0.4 is 10.1 Å². The van der Waals surface area contributed by atoms with Crippen LogP contribution in [-0.4, -0.2) is 35.0 Å². The highest BCUT2D eigenvalue weighted by Gasteiger charge is 2.25. The summed E-state index contributed by atoms with van der Waals surface area (Å²) in [6.07, 6.45) is 1.57. The maximum atomic E-state index is 13.3. The fourth-order valence-corrected chi connectivity index (χ4v) is 3.81. The molecule has 2 aromatic carbocycles. The maximum absolute atomic E-state index is 13.3. The number of carbonyl (C=O) groups is 2. The normalized spacial score (nSPS) is 10.8. The number of hydrogen-bond donors (Lipinski definition) is 1. The van der Waals surface area contributed by atoms with E-state index in [0.717, 1.165) is 18.4 Å². The third-order valence-electron chi connectivity index (χ3n) is 5.42. The van der Waals surface area contributed by atoms with Gasteiger partial charge >= 0.3 is 0 Å². The van der Waals surface area contributed by atoms with Gasteiger partial charge in [-0.1, -0.05) is 48.8 Å². The number of methoxy groups -OCH3 is 1. The van der Waals surface area contributed by atoms with E-state index in [1.807, 2.05) is 26.0 Å². The molecule has 0 saturated carbocycles. The summed E-state index contributed by atoms with van der Waals surface area (Å²) in [4.78, 5) is 27.6. The second kappa shape index (κ2) is 11.5. The van der Waals surface area contributed by atoms with Crippen LogP contribution in [0.15, 0.2) is 59.1 Å². The number of nitrogens with zero attached hydrogens (tertiary/aromatic N) is 2. The van der Waals surface area contributed by atoms with Crippen molar-refractivity contribution in [3.63, 3.8) is 0 Å². The van der Waals surface area contributed by atoms with Crippen LogP contribution in [0.3, 0.4) is 0 Å². The third kappa shape index (κ3) is 6.35. The molecule has 3 rings (SSSR count). The van der Waals surface area contributed by atoms with Crippen molar-refractivity contribution in [2.24, 2.45) is 0 Å². The van der Waals surface area contributed by atoms with Crippen LogP contribution in [0.1, 0.15) is 58.9 Å². The SMILES string of the molecule is CCC(CC)N(Cc1cc(C(=O)NCc2cccc(Cl)c2)no1)C(=O)c1cccc(OC)c1. The lowest BCUT2D eigenvalue weighted by Crippen LogP contribution is -2.39. The van der Waals surface area contributed by atoms with Gasteiger partial charge in [0.2, 0.25) is 0 Å². The van der Waals surface area contributed by atoms with E-state index < -0.39 is 0 Å². The lowest BCUT2D eigenvalue weighted by atomic mass is 10.1. The number of aromatic nitrogens is 1. The Kier molecular flexibility index (Phi) is 8.49. The molecule has 0 aliphatic carbocycles. The molecule has 1 aromatic heterocycles. The molecule has 0 unspecified atom stereocenters. The third-order valence-corrected chi connectivity index (χ3v) is 5.66. The van der Waals surface area contributed by atoms with Crippen molar-refractivity contribution >= 4 is 23.4 Å². The van der Waals surface area contributed by atoms with Crippen molar-refractivity contribution in [3.05, 3.63) is 82.2 Å². The summed E-state index contributed by atoms with van der Waals surface area (Å²) in [6.45, 7) is 4.59. The Labute approximate surface area is 198 Å². The highest BCUT2D eigenvalue weighted by Crippen LogP contribution is 2.21. The summed E-state index contributed by atoms with van der Waals surface area (Å²) in [5, 5.41) is 7.30. The number of hydrogen-bond acceptors (Lipinski definition) is 5. The number of carbonyl (C=O) groups excluding carboxylic acids is 2. The largest absolute Gasteiger partial charge is 0.497 e. The average molecular weight is 470 g/mol. The van der Waals surface area contributed by atoms with E-state index in [1.54, 1.807) is 54.5 Å². The molecule has 2 amide bonds. The van der Waals surface area contributed by atoms with E-state index in [0.29, 0.717) is 28.6 Å². The fourth-order valence-electron chi connectivity index (χ4n) is 3.60. The van der Waals surface area contributed by atoms with Crippen LogP contribution in [0.25, 0.3) is 0 Å². The molecule has 0 bridgehead atoms. The molecule has 0 spiro atoms. The minimum Gasteiger partial charge on any atom is -0.497 e. The van der Waals surface area contributed by atoms with Crippen molar-refractivity contribution in [3.8, 4) is 5.75 Å². The summed E-state index contributed by atoms with van der Waals surface area (Å²) >= 11 is 5.99. The van der Waals surface area contributed by atoms with E-state index in [1.165, 1.54) is 0 Å². The van der Waals surface area contributed by atoms with Crippen molar-refractivity contribution in [1.82, 2.24) is 15.4 Å². The highest BCUT2D eigenvalue weighted by atomic mass is 35.5. The maximum Gasteiger partial charge on any atom is 0.273 e. The number of ether oxygens (including phenoxy) is 1. The zero-order valence-electron chi connectivity index (χ0n) is 19.0. The molecule has 7 nitrogen and oxygen atoms in total. The first-order valence-corrected chi connectivity index (χ1v) is 11.3. The number of rotatable bonds is 10. The van der Waals surface area contributed by atoms with Crippen molar-refractivity contribution in [1.29, 1.82) is 0 Å². The van der Waals surface area contributed by atoms with Crippen molar-refractivity contribution in [2.45, 2.75) is 45.8 Å². The van der Waals surface area contributed by atoms with E-state index in [4.69, 9.17) is 20.9 Å². The van der Waals surface area contributed by atoms with Crippen molar-refractivity contribution in [2.75, 3.05) is 7.11 Å². The molecule has 1 N–H and O–H groups in total. The summed E-state index contributed by atoms with van der Waals surface area (Å²) in [7, 11) is 1.57. The van der Waals surface area contributed by atoms with Gasteiger partial charge in [0.1, 0.15) is 5.75 Å². The van der Waals surface area contributed by atoms with Crippen LogP contribution in [0.2, 0.25) is 5.02 Å². The van der Waals surface area contributed by atoms with E-state index in [2.05, 4.69) is 10.5 Å². The minimum absolute atomic E-state index is 0.00825. The second-order valence-electron chi connectivity index (χ2n) is 7.63. The van der Waals surface area contributed by atoms with E-state index in [9.17, 15) is 9.59 Å². The summed E-state index contributed by atoms with van der Waals surface area (Å²) in [6, 6.07) is 15.9. The van der Waals surface area contributed by atoms with Gasteiger partial charge in [-0.05, 0) is 48.7 Å². The number of amides is 2. The van der Waals surface area contributed by atoms with E-state index >= 15 is 0 Å². The predicted molar refractivity (Wildman–Crippen MR) is 126 cm³/mol. The van der Waals surface area contributed by atoms with Crippen LogP contribution in [0, 0.1) is 0 Å². The van der Waals surface area contributed by atoms with Gasteiger partial charge in [-0.25, -0.2) is 0 Å². The zero-order chi connectivity index (χ0) is 23.8. The molecular formula is C25H28ClN3O4. The summed E-state index contributed by atoms with van der Waals surface area (Å²) in [5.74, 6) is 0.555. The quantitative estimate of drug-likeness (QED) is 0.446. The standard InChI is InChI=1S/C25H28ClN3O4/c1-4-20(5-2)29(25(31)18-9-7-11-21(13-18)32-3)16-22-14-23(28-33-22)24(30)27-15-17-8-6-10-19(26)12-17/h6-14,20H,4-5,15-16H2,1-3H3,(H,27,30). The van der Waals surface area contributed by atoms with Gasteiger partial charge in [-0.3, -0.25) is 9.59 Å². The summed E-state index contributed by atoms with van der Waals surface area (Å²) in [5.41, 5.74) is 1.56. The highest BCUT2D eigenvalue weighted by molar-refractivity contribution is 6.30. The molecule has 0 aliphatic rings. The van der Waals surface area contributed by atoms with Gasteiger partial charge in [0.25, 0.3) is 11.8 Å². The van der Waals surface area contributed by atoms with Gasteiger partial charge in [-0.2, -0.15) is 0 Å².